The van der Waals surface area contributed by atoms with Crippen molar-refractivity contribution in [3.05, 3.63) is 71.0 Å². The maximum absolute atomic E-state index is 13.4. The first-order valence-electron chi connectivity index (χ1n) is 10.7. The Balaban J connectivity index is 1.81. The Bertz CT molecular complexity index is 1000. The minimum Gasteiger partial charge on any atom is -0.507 e. The third kappa shape index (κ3) is 4.07. The van der Waals surface area contributed by atoms with Gasteiger partial charge in [-0.25, -0.2) is 4.39 Å². The van der Waals surface area contributed by atoms with Crippen molar-refractivity contribution in [2.45, 2.75) is 57.7 Å². The topological polar surface area (TPSA) is 66.8 Å². The number of halogens is 1. The van der Waals surface area contributed by atoms with Gasteiger partial charge < -0.3 is 14.7 Å². The van der Waals surface area contributed by atoms with Crippen LogP contribution in [0.5, 0.6) is 5.75 Å². The van der Waals surface area contributed by atoms with Crippen molar-refractivity contribution in [2.24, 2.45) is 0 Å². The monoisotopic (exact) mass is 423 g/mol. The van der Waals surface area contributed by atoms with Gasteiger partial charge in [-0.05, 0) is 68.7 Å². The largest absolute Gasteiger partial charge is 0.507 e. The van der Waals surface area contributed by atoms with Crippen molar-refractivity contribution in [3.63, 3.8) is 0 Å². The number of aliphatic hydroxyl groups is 1. The number of ether oxygens (including phenoxy) is 1. The molecular weight excluding hydrogens is 397 g/mol. The zero-order chi connectivity index (χ0) is 22.1. The predicted molar refractivity (Wildman–Crippen MR) is 115 cm³/mol. The van der Waals surface area contributed by atoms with Gasteiger partial charge in [0.1, 0.15) is 17.3 Å². The highest BCUT2D eigenvalue weighted by atomic mass is 19.1. The summed E-state index contributed by atoms with van der Waals surface area (Å²) in [6.07, 6.45) is 3.68. The summed E-state index contributed by atoms with van der Waals surface area (Å²) in [7, 11) is 0. The van der Waals surface area contributed by atoms with Crippen LogP contribution in [0.15, 0.2) is 54.1 Å². The van der Waals surface area contributed by atoms with Crippen LogP contribution in [0.3, 0.4) is 0 Å². The number of nitrogens with zero attached hydrogens (tertiary/aromatic N) is 1. The zero-order valence-electron chi connectivity index (χ0n) is 17.7. The van der Waals surface area contributed by atoms with Crippen LogP contribution in [0.4, 0.5) is 4.39 Å². The number of amides is 1. The van der Waals surface area contributed by atoms with Gasteiger partial charge in [0, 0.05) is 11.6 Å². The number of ketones is 1. The average molecular weight is 423 g/mol. The summed E-state index contributed by atoms with van der Waals surface area (Å²) in [6.45, 7) is 3.87. The van der Waals surface area contributed by atoms with Gasteiger partial charge in [0.2, 0.25) is 0 Å². The Morgan fingerprint density at radius 2 is 1.65 bits per heavy atom. The quantitative estimate of drug-likeness (QED) is 0.419. The lowest BCUT2D eigenvalue weighted by Gasteiger charge is -2.30. The van der Waals surface area contributed by atoms with Gasteiger partial charge >= 0.3 is 0 Å². The number of hydrogen-bond donors (Lipinski definition) is 1. The van der Waals surface area contributed by atoms with E-state index in [4.69, 9.17) is 4.74 Å². The molecule has 1 aliphatic heterocycles. The van der Waals surface area contributed by atoms with E-state index in [2.05, 4.69) is 0 Å². The minimum atomic E-state index is -0.707. The van der Waals surface area contributed by atoms with Gasteiger partial charge in [0.05, 0.1) is 17.7 Å². The Labute approximate surface area is 181 Å². The van der Waals surface area contributed by atoms with Crippen LogP contribution in [-0.2, 0) is 9.59 Å². The first-order valence-corrected chi connectivity index (χ1v) is 10.7. The van der Waals surface area contributed by atoms with Crippen molar-refractivity contribution in [3.8, 4) is 5.75 Å². The molecule has 6 heteroatoms. The molecule has 1 atom stereocenters. The molecule has 4 rings (SSSR count). The highest BCUT2D eigenvalue weighted by Gasteiger charge is 2.49. The van der Waals surface area contributed by atoms with E-state index in [1.807, 2.05) is 38.1 Å². The average Bonchev–Trinajstić information content (AvgIpc) is 3.35. The lowest BCUT2D eigenvalue weighted by atomic mass is 9.94. The van der Waals surface area contributed by atoms with Crippen LogP contribution in [0.2, 0.25) is 0 Å². The third-order valence-corrected chi connectivity index (χ3v) is 5.88. The lowest BCUT2D eigenvalue weighted by molar-refractivity contribution is -0.141. The standard InChI is InChI=1S/C25H26FNO4/c1-15(2)31-20-13-9-16(10-14-20)22-21(23(28)17-7-11-18(26)12-8-17)24(29)25(30)27(22)19-5-3-4-6-19/h7-15,19,22,28H,3-6H2,1-2H3/b23-21-. The van der Waals surface area contributed by atoms with E-state index < -0.39 is 23.5 Å². The van der Waals surface area contributed by atoms with Gasteiger partial charge in [0.15, 0.2) is 0 Å². The second-order valence-electron chi connectivity index (χ2n) is 8.39. The van der Waals surface area contributed by atoms with Gasteiger partial charge in [0.25, 0.3) is 11.7 Å². The predicted octanol–water partition coefficient (Wildman–Crippen LogP) is 4.98. The highest BCUT2D eigenvalue weighted by Crippen LogP contribution is 2.43. The van der Waals surface area contributed by atoms with E-state index in [9.17, 15) is 19.1 Å². The number of hydrogen-bond acceptors (Lipinski definition) is 4. The number of benzene rings is 2. The molecule has 1 heterocycles. The molecule has 1 saturated heterocycles. The van der Waals surface area contributed by atoms with Crippen LogP contribution in [0.25, 0.3) is 5.76 Å². The van der Waals surface area contributed by atoms with E-state index in [0.29, 0.717) is 11.3 Å². The second-order valence-corrected chi connectivity index (χ2v) is 8.39. The first kappa shape index (κ1) is 21.1. The maximum Gasteiger partial charge on any atom is 0.295 e. The number of rotatable bonds is 5. The zero-order valence-corrected chi connectivity index (χ0v) is 17.7. The fourth-order valence-corrected chi connectivity index (χ4v) is 4.50. The Kier molecular flexibility index (Phi) is 5.81. The normalized spacial score (nSPS) is 21.3. The van der Waals surface area contributed by atoms with Gasteiger partial charge in [-0.15, -0.1) is 0 Å². The van der Waals surface area contributed by atoms with Crippen molar-refractivity contribution in [2.75, 3.05) is 0 Å². The molecule has 1 saturated carbocycles. The maximum atomic E-state index is 13.4. The molecule has 31 heavy (non-hydrogen) atoms. The number of carbonyl (C=O) groups is 2. The Hall–Kier alpha value is -3.15. The Morgan fingerprint density at radius 3 is 2.23 bits per heavy atom. The molecule has 1 amide bonds. The van der Waals surface area contributed by atoms with Crippen molar-refractivity contribution in [1.29, 1.82) is 0 Å². The molecule has 1 N–H and O–H groups in total. The lowest BCUT2D eigenvalue weighted by Crippen LogP contribution is -2.37. The first-order chi connectivity index (χ1) is 14.9. The molecule has 1 aliphatic carbocycles. The molecular formula is C25H26FNO4. The molecule has 0 spiro atoms. The summed E-state index contributed by atoms with van der Waals surface area (Å²) < 4.78 is 19.1. The second kappa shape index (κ2) is 8.53. The molecule has 0 aromatic heterocycles. The van der Waals surface area contributed by atoms with Crippen molar-refractivity contribution in [1.82, 2.24) is 4.90 Å². The number of aliphatic hydroxyl groups excluding tert-OH is 1. The Morgan fingerprint density at radius 1 is 1.03 bits per heavy atom. The SMILES string of the molecule is CC(C)Oc1ccc(C2/C(=C(/O)c3ccc(F)cc3)C(=O)C(=O)N2C2CCCC2)cc1. The van der Waals surface area contributed by atoms with Gasteiger partial charge in [-0.3, -0.25) is 9.59 Å². The van der Waals surface area contributed by atoms with Crippen LogP contribution in [0.1, 0.15) is 56.7 Å². The van der Waals surface area contributed by atoms with Crippen LogP contribution in [0, 0.1) is 5.82 Å². The number of likely N-dealkylation sites (tertiary alicyclic amines) is 1. The van der Waals surface area contributed by atoms with Crippen molar-refractivity contribution >= 4 is 17.4 Å². The fraction of sp³-hybridized carbons (Fsp3) is 0.360. The molecule has 0 bridgehead atoms. The summed E-state index contributed by atoms with van der Waals surface area (Å²) in [5.41, 5.74) is 1.07. The summed E-state index contributed by atoms with van der Waals surface area (Å²) >= 11 is 0. The van der Waals surface area contributed by atoms with E-state index in [0.717, 1.165) is 31.2 Å². The molecule has 2 aromatic carbocycles. The van der Waals surface area contributed by atoms with Crippen LogP contribution in [-0.4, -0.2) is 33.8 Å². The van der Waals surface area contributed by atoms with Gasteiger partial charge in [-0.1, -0.05) is 25.0 Å². The summed E-state index contributed by atoms with van der Waals surface area (Å²) in [4.78, 5) is 27.7. The van der Waals surface area contributed by atoms with E-state index in [-0.39, 0.29) is 23.5 Å². The molecule has 2 aromatic rings. The van der Waals surface area contributed by atoms with Gasteiger partial charge in [-0.2, -0.15) is 0 Å². The summed E-state index contributed by atoms with van der Waals surface area (Å²) in [5, 5.41) is 11.0. The minimum absolute atomic E-state index is 0.0217. The molecule has 2 fully saturated rings. The number of Topliss-reactive ketones (excluding diaryl/α,β-unsaturated/α-hetero) is 1. The molecule has 1 unspecified atom stereocenters. The smallest absolute Gasteiger partial charge is 0.295 e. The summed E-state index contributed by atoms with van der Waals surface area (Å²) in [5.74, 6) is -1.34. The highest BCUT2D eigenvalue weighted by molar-refractivity contribution is 6.46. The van der Waals surface area contributed by atoms with E-state index in [1.54, 1.807) is 4.90 Å². The van der Waals surface area contributed by atoms with Crippen LogP contribution >= 0.6 is 0 Å². The van der Waals surface area contributed by atoms with E-state index >= 15 is 0 Å². The number of carbonyl (C=O) groups excluding carboxylic acids is 2. The summed E-state index contributed by atoms with van der Waals surface area (Å²) in [6, 6.07) is 11.8. The molecule has 5 nitrogen and oxygen atoms in total. The molecule has 162 valence electrons. The van der Waals surface area contributed by atoms with Crippen LogP contribution < -0.4 is 4.74 Å². The third-order valence-electron chi connectivity index (χ3n) is 5.88. The van der Waals surface area contributed by atoms with Crippen molar-refractivity contribution < 1.29 is 23.8 Å². The fourth-order valence-electron chi connectivity index (χ4n) is 4.50. The van der Waals surface area contributed by atoms with E-state index in [1.165, 1.54) is 24.3 Å². The molecule has 2 aliphatic rings. The molecule has 0 radical (unpaired) electrons.